The first kappa shape index (κ1) is 17.2. The molecule has 0 aliphatic carbocycles. The summed E-state index contributed by atoms with van der Waals surface area (Å²) in [6.07, 6.45) is 1.42. The highest BCUT2D eigenvalue weighted by atomic mass is 16.6. The lowest BCUT2D eigenvalue weighted by Crippen LogP contribution is -2.48. The van der Waals surface area contributed by atoms with E-state index in [1.165, 1.54) is 13.8 Å². The fourth-order valence-electron chi connectivity index (χ4n) is 3.18. The quantitative estimate of drug-likeness (QED) is 0.746. The first-order valence-corrected chi connectivity index (χ1v) is 7.99. The highest BCUT2D eigenvalue weighted by molar-refractivity contribution is 5.82. The molecule has 10 heteroatoms. The number of rotatable bonds is 5. The predicted molar refractivity (Wildman–Crippen MR) is 86.5 cm³/mol. The molecule has 3 atom stereocenters. The van der Waals surface area contributed by atoms with Crippen molar-refractivity contribution in [1.29, 1.82) is 0 Å². The first-order chi connectivity index (χ1) is 11.9. The Morgan fingerprint density at radius 3 is 2.88 bits per heavy atom. The molecule has 0 saturated carbocycles. The fourth-order valence-corrected chi connectivity index (χ4v) is 3.18. The van der Waals surface area contributed by atoms with E-state index in [0.717, 1.165) is 0 Å². The van der Waals surface area contributed by atoms with Crippen LogP contribution >= 0.6 is 0 Å². The largest absolute Gasteiger partial charge is 0.463 e. The number of H-pyrrole nitrogens is 1. The van der Waals surface area contributed by atoms with E-state index in [-0.39, 0.29) is 19.3 Å². The number of esters is 2. The molecule has 2 aromatic rings. The minimum atomic E-state index is -0.930. The number of anilines is 1. The molecule has 3 rings (SSSR count). The van der Waals surface area contributed by atoms with E-state index in [9.17, 15) is 9.59 Å². The van der Waals surface area contributed by atoms with Gasteiger partial charge < -0.3 is 24.5 Å². The topological polar surface area (TPSA) is 134 Å². The number of nitrogens with one attached hydrogen (secondary N) is 1. The van der Waals surface area contributed by atoms with Crippen molar-refractivity contribution in [2.45, 2.75) is 44.9 Å². The van der Waals surface area contributed by atoms with Gasteiger partial charge in [0.25, 0.3) is 0 Å². The van der Waals surface area contributed by atoms with E-state index in [1.807, 2.05) is 6.92 Å². The number of aromatic nitrogens is 4. The zero-order valence-electron chi connectivity index (χ0n) is 14.3. The Kier molecular flexibility index (Phi) is 4.38. The van der Waals surface area contributed by atoms with Crippen molar-refractivity contribution in [3.05, 3.63) is 6.33 Å². The van der Waals surface area contributed by atoms with Crippen LogP contribution in [0, 0.1) is 0 Å². The number of hydrogen-bond donors (Lipinski definition) is 2. The number of carbonyl (C=O) groups excluding carboxylic acids is 2. The zero-order valence-corrected chi connectivity index (χ0v) is 14.3. The molecule has 0 aromatic carbocycles. The van der Waals surface area contributed by atoms with Gasteiger partial charge in [-0.05, 0) is 6.42 Å². The van der Waals surface area contributed by atoms with Gasteiger partial charge in [-0.3, -0.25) is 14.7 Å². The van der Waals surface area contributed by atoms with Crippen LogP contribution in [-0.2, 0) is 23.8 Å². The molecule has 0 spiro atoms. The van der Waals surface area contributed by atoms with Crippen molar-refractivity contribution >= 4 is 28.9 Å². The number of nitrogens with zero attached hydrogens (tertiary/aromatic N) is 3. The molecule has 0 amide bonds. The maximum absolute atomic E-state index is 11.7. The number of imidazole rings is 1. The molecule has 136 valence electrons. The number of fused-ring (bicyclic) bond motifs is 1. The van der Waals surface area contributed by atoms with E-state index in [4.69, 9.17) is 19.9 Å². The molecule has 3 heterocycles. The summed E-state index contributed by atoms with van der Waals surface area (Å²) in [5.41, 5.74) is 5.95. The lowest BCUT2D eigenvalue weighted by Gasteiger charge is -2.33. The van der Waals surface area contributed by atoms with E-state index < -0.39 is 23.6 Å². The summed E-state index contributed by atoms with van der Waals surface area (Å²) in [5.74, 6) is -0.510. The maximum Gasteiger partial charge on any atom is 0.303 e. The molecule has 1 fully saturated rings. The van der Waals surface area contributed by atoms with Crippen LogP contribution in [0.4, 0.5) is 5.82 Å². The van der Waals surface area contributed by atoms with Crippen LogP contribution in [0.1, 0.15) is 33.2 Å². The van der Waals surface area contributed by atoms with Crippen LogP contribution in [0.2, 0.25) is 0 Å². The Balaban J connectivity index is 1.98. The van der Waals surface area contributed by atoms with Crippen molar-refractivity contribution in [3.63, 3.8) is 0 Å². The highest BCUT2D eigenvalue weighted by Gasteiger charge is 2.53. The monoisotopic (exact) mass is 351 g/mol. The Morgan fingerprint density at radius 2 is 2.24 bits per heavy atom. The van der Waals surface area contributed by atoms with Gasteiger partial charge in [-0.15, -0.1) is 0 Å². The minimum Gasteiger partial charge on any atom is -0.463 e. The normalized spacial score (nSPS) is 26.0. The number of nitrogens with two attached hydrogens (primary N) is 1. The van der Waals surface area contributed by atoms with E-state index in [0.29, 0.717) is 23.4 Å². The van der Waals surface area contributed by atoms with Crippen molar-refractivity contribution in [1.82, 2.24) is 19.7 Å². The van der Waals surface area contributed by atoms with E-state index in [2.05, 4.69) is 15.2 Å². The summed E-state index contributed by atoms with van der Waals surface area (Å²) in [7, 11) is 0. The second kappa shape index (κ2) is 6.36. The minimum absolute atomic E-state index is 0.00613. The first-order valence-electron chi connectivity index (χ1n) is 7.99. The smallest absolute Gasteiger partial charge is 0.303 e. The van der Waals surface area contributed by atoms with Gasteiger partial charge in [0.15, 0.2) is 17.3 Å². The highest BCUT2D eigenvalue weighted by Crippen LogP contribution is 2.40. The second-order valence-corrected chi connectivity index (χ2v) is 6.07. The summed E-state index contributed by atoms with van der Waals surface area (Å²) >= 11 is 0. The van der Waals surface area contributed by atoms with Crippen LogP contribution in [0.3, 0.4) is 0 Å². The van der Waals surface area contributed by atoms with Crippen LogP contribution in [0.25, 0.3) is 11.2 Å². The van der Waals surface area contributed by atoms with Crippen LogP contribution < -0.4 is 5.73 Å². The Labute approximate surface area is 143 Å². The van der Waals surface area contributed by atoms with Gasteiger partial charge >= 0.3 is 11.9 Å². The Hall–Kier alpha value is -2.62. The Morgan fingerprint density at radius 1 is 1.48 bits per heavy atom. The van der Waals surface area contributed by atoms with E-state index in [1.54, 1.807) is 10.9 Å². The van der Waals surface area contributed by atoms with Crippen molar-refractivity contribution in [2.24, 2.45) is 0 Å². The summed E-state index contributed by atoms with van der Waals surface area (Å²) in [6.45, 7) is 4.79. The standard InChI is InChI=1S/C15H21N5O5/c1-4-15(6-23-8(2)21)12(25-9(3)22)10(5-24-15)20-7-17-11-13(16)18-19-14(11)20/h7,10,12H,4-6H2,1-3H3,(H3,16,18,19)/t10?,12-,15-/m1/s1. The van der Waals surface area contributed by atoms with Gasteiger partial charge in [0.2, 0.25) is 0 Å². The van der Waals surface area contributed by atoms with Crippen LogP contribution in [-0.4, -0.2) is 56.6 Å². The molecule has 0 radical (unpaired) electrons. The average molecular weight is 351 g/mol. The van der Waals surface area contributed by atoms with Crippen molar-refractivity contribution < 1.29 is 23.8 Å². The SMILES string of the molecule is CC[C@]1(COC(C)=O)OCC(n2cnc3c(N)[nH]nc32)[C@H]1OC(C)=O. The van der Waals surface area contributed by atoms with Gasteiger partial charge in [0.05, 0.1) is 12.9 Å². The number of aromatic amines is 1. The Bertz CT molecular complexity index is 799. The number of nitrogen functional groups attached to an aromatic ring is 1. The molecule has 1 aliphatic heterocycles. The second-order valence-electron chi connectivity index (χ2n) is 6.07. The maximum atomic E-state index is 11.7. The number of hydrogen-bond acceptors (Lipinski definition) is 8. The molecular weight excluding hydrogens is 330 g/mol. The van der Waals surface area contributed by atoms with Gasteiger partial charge in [0, 0.05) is 13.8 Å². The van der Waals surface area contributed by atoms with Gasteiger partial charge in [-0.2, -0.15) is 5.10 Å². The summed E-state index contributed by atoms with van der Waals surface area (Å²) in [4.78, 5) is 27.2. The molecule has 3 N–H and O–H groups in total. The molecular formula is C15H21N5O5. The average Bonchev–Trinajstić information content (AvgIpc) is 3.22. The molecule has 25 heavy (non-hydrogen) atoms. The van der Waals surface area contributed by atoms with E-state index >= 15 is 0 Å². The zero-order chi connectivity index (χ0) is 18.2. The summed E-state index contributed by atoms with van der Waals surface area (Å²) in [5, 5.41) is 6.83. The van der Waals surface area contributed by atoms with Crippen molar-refractivity contribution in [2.75, 3.05) is 18.9 Å². The molecule has 0 bridgehead atoms. The third-order valence-electron chi connectivity index (χ3n) is 4.48. The van der Waals surface area contributed by atoms with Gasteiger partial charge in [0.1, 0.15) is 24.1 Å². The molecule has 1 unspecified atom stereocenters. The third-order valence-corrected chi connectivity index (χ3v) is 4.48. The lowest BCUT2D eigenvalue weighted by molar-refractivity contribution is -0.170. The number of carbonyl (C=O) groups is 2. The number of ether oxygens (including phenoxy) is 3. The lowest BCUT2D eigenvalue weighted by atomic mass is 9.92. The molecule has 1 aliphatic rings. The van der Waals surface area contributed by atoms with Crippen LogP contribution in [0.15, 0.2) is 6.33 Å². The van der Waals surface area contributed by atoms with Gasteiger partial charge in [-0.25, -0.2) is 4.98 Å². The van der Waals surface area contributed by atoms with Crippen molar-refractivity contribution in [3.8, 4) is 0 Å². The predicted octanol–water partition coefficient (Wildman–Crippen LogP) is 0.556. The summed E-state index contributed by atoms with van der Waals surface area (Å²) in [6, 6.07) is -0.368. The molecule has 2 aromatic heterocycles. The van der Waals surface area contributed by atoms with Gasteiger partial charge in [-0.1, -0.05) is 6.92 Å². The summed E-state index contributed by atoms with van der Waals surface area (Å²) < 4.78 is 18.5. The fraction of sp³-hybridized carbons (Fsp3) is 0.600. The molecule has 1 saturated heterocycles. The third kappa shape index (κ3) is 2.93. The van der Waals surface area contributed by atoms with Crippen LogP contribution in [0.5, 0.6) is 0 Å². The molecule has 10 nitrogen and oxygen atoms in total.